The number of esters is 1. The Balaban J connectivity index is 1.78. The summed E-state index contributed by atoms with van der Waals surface area (Å²) in [7, 11) is 0. The van der Waals surface area contributed by atoms with Gasteiger partial charge in [-0.1, -0.05) is 42.0 Å². The van der Waals surface area contributed by atoms with Crippen LogP contribution in [0.3, 0.4) is 0 Å². The van der Waals surface area contributed by atoms with E-state index in [2.05, 4.69) is 0 Å². The van der Waals surface area contributed by atoms with Crippen molar-refractivity contribution < 1.29 is 18.3 Å². The molecule has 0 aliphatic carbocycles. The van der Waals surface area contributed by atoms with Gasteiger partial charge in [0.1, 0.15) is 17.4 Å². The summed E-state index contributed by atoms with van der Waals surface area (Å²) in [6, 6.07) is 16.9. The van der Waals surface area contributed by atoms with E-state index in [1.807, 2.05) is 31.2 Å². The van der Waals surface area contributed by atoms with E-state index in [4.69, 9.17) is 4.74 Å². The molecule has 0 amide bonds. The van der Waals surface area contributed by atoms with E-state index in [-0.39, 0.29) is 11.3 Å². The first-order valence-corrected chi connectivity index (χ1v) is 7.79. The van der Waals surface area contributed by atoms with E-state index >= 15 is 0 Å². The van der Waals surface area contributed by atoms with Crippen molar-refractivity contribution in [3.63, 3.8) is 0 Å². The molecule has 0 aromatic heterocycles. The second-order valence-electron chi connectivity index (χ2n) is 5.84. The molecule has 0 N–H and O–H groups in total. The molecule has 2 nitrogen and oxygen atoms in total. The van der Waals surface area contributed by atoms with Crippen molar-refractivity contribution in [3.05, 3.63) is 89.0 Å². The van der Waals surface area contributed by atoms with Gasteiger partial charge in [0.25, 0.3) is 0 Å². The Morgan fingerprint density at radius 2 is 1.28 bits per heavy atom. The molecule has 25 heavy (non-hydrogen) atoms. The highest BCUT2D eigenvalue weighted by atomic mass is 19.1. The van der Waals surface area contributed by atoms with Gasteiger partial charge in [-0.15, -0.1) is 0 Å². The lowest BCUT2D eigenvalue weighted by Crippen LogP contribution is -2.09. The predicted octanol–water partition coefficient (Wildman–Crippen LogP) is 5.47. The lowest BCUT2D eigenvalue weighted by molar-refractivity contribution is 0.0734. The van der Waals surface area contributed by atoms with Crippen LogP contribution in [0.1, 0.15) is 21.5 Å². The minimum atomic E-state index is -0.752. The minimum absolute atomic E-state index is 0.109. The van der Waals surface area contributed by atoms with Crippen molar-refractivity contribution in [2.45, 2.75) is 13.8 Å². The first-order valence-electron chi connectivity index (χ1n) is 7.79. The summed E-state index contributed by atoms with van der Waals surface area (Å²) < 4.78 is 32.1. The molecule has 0 saturated heterocycles. The highest BCUT2D eigenvalue weighted by Crippen LogP contribution is 2.23. The van der Waals surface area contributed by atoms with Crippen LogP contribution < -0.4 is 4.74 Å². The standard InChI is InChI=1S/C21H16F2O2/c1-13-3-5-15(6-4-13)16-7-9-17(10-8-16)21(24)25-18-11-19(22)14(2)20(23)12-18/h3-12H,1-2H3. The fourth-order valence-corrected chi connectivity index (χ4v) is 2.39. The zero-order valence-corrected chi connectivity index (χ0v) is 13.8. The zero-order chi connectivity index (χ0) is 18.0. The van der Waals surface area contributed by atoms with Crippen molar-refractivity contribution >= 4 is 5.97 Å². The molecule has 0 aliphatic heterocycles. The molecule has 4 heteroatoms. The quantitative estimate of drug-likeness (QED) is 0.468. The van der Waals surface area contributed by atoms with E-state index in [1.54, 1.807) is 24.3 Å². The molecule has 0 unspecified atom stereocenters. The average molecular weight is 338 g/mol. The predicted molar refractivity (Wildman–Crippen MR) is 92.7 cm³/mol. The second kappa shape index (κ2) is 6.85. The van der Waals surface area contributed by atoms with Gasteiger partial charge in [-0.3, -0.25) is 0 Å². The van der Waals surface area contributed by atoms with Gasteiger partial charge in [-0.25, -0.2) is 13.6 Å². The van der Waals surface area contributed by atoms with Crippen LogP contribution in [0.25, 0.3) is 11.1 Å². The molecule has 0 saturated carbocycles. The molecule has 0 heterocycles. The fraction of sp³-hybridized carbons (Fsp3) is 0.0952. The number of carbonyl (C=O) groups excluding carboxylic acids is 1. The molecular weight excluding hydrogens is 322 g/mol. The van der Waals surface area contributed by atoms with Crippen molar-refractivity contribution in [2.24, 2.45) is 0 Å². The maximum absolute atomic E-state index is 13.5. The van der Waals surface area contributed by atoms with E-state index < -0.39 is 17.6 Å². The van der Waals surface area contributed by atoms with Gasteiger partial charge < -0.3 is 4.74 Å². The van der Waals surface area contributed by atoms with Crippen LogP contribution in [0.5, 0.6) is 5.75 Å². The van der Waals surface area contributed by atoms with Gasteiger partial charge >= 0.3 is 5.97 Å². The number of hydrogen-bond donors (Lipinski definition) is 0. The van der Waals surface area contributed by atoms with Gasteiger partial charge in [-0.05, 0) is 37.1 Å². The Morgan fingerprint density at radius 3 is 1.80 bits per heavy atom. The molecule has 126 valence electrons. The minimum Gasteiger partial charge on any atom is -0.423 e. The molecule has 0 bridgehead atoms. The Morgan fingerprint density at radius 1 is 0.800 bits per heavy atom. The fourth-order valence-electron chi connectivity index (χ4n) is 2.39. The topological polar surface area (TPSA) is 26.3 Å². The monoisotopic (exact) mass is 338 g/mol. The number of halogens is 2. The Bertz CT molecular complexity index is 891. The Hall–Kier alpha value is -3.01. The van der Waals surface area contributed by atoms with Crippen molar-refractivity contribution in [1.29, 1.82) is 0 Å². The molecule has 0 radical (unpaired) electrons. The van der Waals surface area contributed by atoms with E-state index in [0.29, 0.717) is 5.56 Å². The molecule has 3 aromatic carbocycles. The number of hydrogen-bond acceptors (Lipinski definition) is 2. The summed E-state index contributed by atoms with van der Waals surface area (Å²) in [5.41, 5.74) is 3.36. The van der Waals surface area contributed by atoms with Crippen LogP contribution in [0, 0.1) is 25.5 Å². The molecule has 3 aromatic rings. The van der Waals surface area contributed by atoms with Gasteiger partial charge in [0.05, 0.1) is 5.56 Å². The third-order valence-electron chi connectivity index (χ3n) is 3.97. The van der Waals surface area contributed by atoms with Crippen LogP contribution in [0.4, 0.5) is 8.78 Å². The summed E-state index contributed by atoms with van der Waals surface area (Å²) in [4.78, 5) is 12.1. The van der Waals surface area contributed by atoms with E-state index in [9.17, 15) is 13.6 Å². The first kappa shape index (κ1) is 16.8. The first-order chi connectivity index (χ1) is 11.9. The summed E-state index contributed by atoms with van der Waals surface area (Å²) in [6.45, 7) is 3.33. The maximum atomic E-state index is 13.5. The van der Waals surface area contributed by atoms with Gasteiger partial charge in [0.2, 0.25) is 0 Å². The largest absolute Gasteiger partial charge is 0.423 e. The van der Waals surface area contributed by atoms with Crippen LogP contribution in [-0.2, 0) is 0 Å². The number of benzene rings is 3. The number of carbonyl (C=O) groups is 1. The van der Waals surface area contributed by atoms with Crippen LogP contribution >= 0.6 is 0 Å². The molecular formula is C21H16F2O2. The highest BCUT2D eigenvalue weighted by Gasteiger charge is 2.13. The normalized spacial score (nSPS) is 10.6. The maximum Gasteiger partial charge on any atom is 0.343 e. The molecule has 0 spiro atoms. The zero-order valence-electron chi connectivity index (χ0n) is 13.8. The lowest BCUT2D eigenvalue weighted by Gasteiger charge is -2.07. The number of ether oxygens (including phenoxy) is 1. The average Bonchev–Trinajstić information content (AvgIpc) is 2.60. The van der Waals surface area contributed by atoms with Crippen molar-refractivity contribution in [3.8, 4) is 16.9 Å². The third kappa shape index (κ3) is 3.74. The van der Waals surface area contributed by atoms with E-state index in [0.717, 1.165) is 23.3 Å². The Labute approximate surface area is 144 Å². The van der Waals surface area contributed by atoms with Crippen LogP contribution in [0.2, 0.25) is 0 Å². The van der Waals surface area contributed by atoms with Crippen LogP contribution in [0.15, 0.2) is 60.7 Å². The second-order valence-corrected chi connectivity index (χ2v) is 5.84. The SMILES string of the molecule is Cc1ccc(-c2ccc(C(=O)Oc3cc(F)c(C)c(F)c3)cc2)cc1. The van der Waals surface area contributed by atoms with Gasteiger partial charge in [0, 0.05) is 17.7 Å². The Kier molecular flexibility index (Phi) is 4.61. The summed E-state index contributed by atoms with van der Waals surface area (Å²) >= 11 is 0. The molecule has 0 fully saturated rings. The molecule has 0 atom stereocenters. The molecule has 3 rings (SSSR count). The summed E-state index contributed by atoms with van der Waals surface area (Å²) in [5, 5.41) is 0. The summed E-state index contributed by atoms with van der Waals surface area (Å²) in [6.07, 6.45) is 0. The smallest absolute Gasteiger partial charge is 0.343 e. The lowest BCUT2D eigenvalue weighted by atomic mass is 10.0. The van der Waals surface area contributed by atoms with Crippen molar-refractivity contribution in [1.82, 2.24) is 0 Å². The van der Waals surface area contributed by atoms with Crippen molar-refractivity contribution in [2.75, 3.05) is 0 Å². The third-order valence-corrected chi connectivity index (χ3v) is 3.97. The van der Waals surface area contributed by atoms with E-state index in [1.165, 1.54) is 12.5 Å². The highest BCUT2D eigenvalue weighted by molar-refractivity contribution is 5.91. The molecule has 0 aliphatic rings. The number of rotatable bonds is 3. The number of aryl methyl sites for hydroxylation is 1. The van der Waals surface area contributed by atoms with Gasteiger partial charge in [0.15, 0.2) is 0 Å². The van der Waals surface area contributed by atoms with Crippen LogP contribution in [-0.4, -0.2) is 5.97 Å². The summed E-state index contributed by atoms with van der Waals surface area (Å²) in [5.74, 6) is -2.33. The van der Waals surface area contributed by atoms with Gasteiger partial charge in [-0.2, -0.15) is 0 Å².